The van der Waals surface area contributed by atoms with Crippen molar-refractivity contribution in [1.29, 1.82) is 0 Å². The van der Waals surface area contributed by atoms with E-state index in [1.807, 2.05) is 18.2 Å². The number of anilines is 1. The summed E-state index contributed by atoms with van der Waals surface area (Å²) < 4.78 is 0. The van der Waals surface area contributed by atoms with Gasteiger partial charge in [0.15, 0.2) is 0 Å². The van der Waals surface area contributed by atoms with Crippen LogP contribution in [0, 0.1) is 0 Å². The van der Waals surface area contributed by atoms with E-state index in [1.165, 1.54) is 21.7 Å². The van der Waals surface area contributed by atoms with Crippen molar-refractivity contribution in [2.24, 2.45) is 0 Å². The number of carbonyl (C=O) groups excluding carboxylic acids is 3. The molecule has 1 aliphatic carbocycles. The fourth-order valence-electron chi connectivity index (χ4n) is 6.81. The molecule has 1 saturated heterocycles. The second kappa shape index (κ2) is 10.9. The Labute approximate surface area is 236 Å². The number of hydrogen-bond acceptors (Lipinski definition) is 4. The molecular formula is C34H37N3O3. The van der Waals surface area contributed by atoms with Crippen molar-refractivity contribution >= 4 is 23.4 Å². The average molecular weight is 536 g/mol. The third-order valence-corrected chi connectivity index (χ3v) is 8.77. The lowest BCUT2D eigenvalue weighted by molar-refractivity contribution is -0.121. The van der Waals surface area contributed by atoms with Gasteiger partial charge in [-0.25, -0.2) is 0 Å². The van der Waals surface area contributed by atoms with E-state index in [1.54, 1.807) is 12.1 Å². The number of nitrogens with zero attached hydrogens (tertiary/aromatic N) is 2. The van der Waals surface area contributed by atoms with Crippen LogP contribution < -0.4 is 10.2 Å². The Bertz CT molecular complexity index is 1440. The summed E-state index contributed by atoms with van der Waals surface area (Å²) in [4.78, 5) is 43.7. The molecule has 6 nitrogen and oxygen atoms in total. The zero-order valence-corrected chi connectivity index (χ0v) is 23.4. The van der Waals surface area contributed by atoms with Gasteiger partial charge in [-0.1, -0.05) is 62.7 Å². The number of amides is 3. The minimum Gasteiger partial charge on any atom is -0.371 e. The number of piperidine rings is 1. The van der Waals surface area contributed by atoms with Gasteiger partial charge >= 0.3 is 0 Å². The molecule has 3 aromatic carbocycles. The Morgan fingerprint density at radius 3 is 2.12 bits per heavy atom. The van der Waals surface area contributed by atoms with E-state index in [2.05, 4.69) is 54.4 Å². The second-order valence-corrected chi connectivity index (χ2v) is 11.2. The molecule has 3 amide bonds. The summed E-state index contributed by atoms with van der Waals surface area (Å²) in [5.74, 6) is -0.564. The highest BCUT2D eigenvalue weighted by Gasteiger charge is 2.41. The van der Waals surface area contributed by atoms with Crippen molar-refractivity contribution in [3.05, 3.63) is 88.5 Å². The van der Waals surface area contributed by atoms with Gasteiger partial charge < -0.3 is 10.2 Å². The molecule has 206 valence electrons. The number of imide groups is 1. The first-order valence-corrected chi connectivity index (χ1v) is 14.8. The Balaban J connectivity index is 1.31. The Kier molecular flexibility index (Phi) is 7.18. The summed E-state index contributed by atoms with van der Waals surface area (Å²) in [5, 5.41) is 3.17. The molecule has 2 heterocycles. The average Bonchev–Trinajstić information content (AvgIpc) is 3.46. The molecule has 0 spiro atoms. The minimum absolute atomic E-state index is 0.0762. The van der Waals surface area contributed by atoms with Crippen molar-refractivity contribution in [2.75, 3.05) is 24.5 Å². The van der Waals surface area contributed by atoms with Crippen molar-refractivity contribution in [3.63, 3.8) is 0 Å². The number of rotatable bonds is 8. The van der Waals surface area contributed by atoms with Crippen LogP contribution in [0.5, 0.6) is 0 Å². The van der Waals surface area contributed by atoms with Gasteiger partial charge in [0.05, 0.1) is 17.0 Å². The summed E-state index contributed by atoms with van der Waals surface area (Å²) in [6.07, 6.45) is 5.41. The molecule has 1 fully saturated rings. The van der Waals surface area contributed by atoms with E-state index in [0.717, 1.165) is 68.3 Å². The molecule has 1 unspecified atom stereocenters. The summed E-state index contributed by atoms with van der Waals surface area (Å²) >= 11 is 0. The number of benzene rings is 3. The third-order valence-electron chi connectivity index (χ3n) is 8.77. The fraction of sp³-hybridized carbons (Fsp3) is 0.382. The SMILES string of the molecule is CCCCc1c(N2CCC(N3C(=O)c4ccccc4C3=O)CC2)ccc2c1C(C(=O)NCCC)c1ccccc1-2. The number of carbonyl (C=O) groups is 3. The molecule has 3 aliphatic rings. The van der Waals surface area contributed by atoms with E-state index in [4.69, 9.17) is 0 Å². The molecule has 0 bridgehead atoms. The third kappa shape index (κ3) is 4.30. The molecule has 2 aliphatic heterocycles. The molecule has 1 N–H and O–H groups in total. The van der Waals surface area contributed by atoms with Crippen molar-refractivity contribution in [2.45, 2.75) is 64.3 Å². The predicted molar refractivity (Wildman–Crippen MR) is 158 cm³/mol. The highest BCUT2D eigenvalue weighted by molar-refractivity contribution is 6.21. The van der Waals surface area contributed by atoms with Gasteiger partial charge in [-0.05, 0) is 78.1 Å². The Morgan fingerprint density at radius 1 is 0.825 bits per heavy atom. The summed E-state index contributed by atoms with van der Waals surface area (Å²) in [6.45, 7) is 6.47. The maximum atomic E-state index is 13.6. The lowest BCUT2D eigenvalue weighted by Crippen LogP contribution is -2.47. The zero-order valence-electron chi connectivity index (χ0n) is 23.4. The normalized spacial score (nSPS) is 18.1. The van der Waals surface area contributed by atoms with Crippen molar-refractivity contribution in [3.8, 4) is 11.1 Å². The monoisotopic (exact) mass is 535 g/mol. The van der Waals surface area contributed by atoms with Crippen LogP contribution in [-0.2, 0) is 11.2 Å². The van der Waals surface area contributed by atoms with E-state index < -0.39 is 0 Å². The minimum atomic E-state index is -0.305. The van der Waals surface area contributed by atoms with Gasteiger partial charge in [-0.15, -0.1) is 0 Å². The molecule has 0 saturated carbocycles. The van der Waals surface area contributed by atoms with Crippen LogP contribution >= 0.6 is 0 Å². The van der Waals surface area contributed by atoms with Gasteiger partial charge in [0.1, 0.15) is 0 Å². The first-order chi connectivity index (χ1) is 19.5. The van der Waals surface area contributed by atoms with Gasteiger partial charge in [0, 0.05) is 31.4 Å². The molecule has 1 atom stereocenters. The van der Waals surface area contributed by atoms with Gasteiger partial charge in [0.2, 0.25) is 5.91 Å². The lowest BCUT2D eigenvalue weighted by Gasteiger charge is -2.38. The topological polar surface area (TPSA) is 69.7 Å². The Hall–Kier alpha value is -3.93. The molecule has 3 aromatic rings. The maximum absolute atomic E-state index is 13.6. The largest absolute Gasteiger partial charge is 0.371 e. The van der Waals surface area contributed by atoms with Gasteiger partial charge in [0.25, 0.3) is 11.8 Å². The summed E-state index contributed by atoms with van der Waals surface area (Å²) in [5.41, 5.74) is 8.06. The van der Waals surface area contributed by atoms with Crippen molar-refractivity contribution in [1.82, 2.24) is 10.2 Å². The summed E-state index contributed by atoms with van der Waals surface area (Å²) in [7, 11) is 0. The molecular weight excluding hydrogens is 498 g/mol. The van der Waals surface area contributed by atoms with Crippen molar-refractivity contribution < 1.29 is 14.4 Å². The van der Waals surface area contributed by atoms with E-state index in [0.29, 0.717) is 17.7 Å². The van der Waals surface area contributed by atoms with Crippen LogP contribution in [-0.4, -0.2) is 48.3 Å². The van der Waals surface area contributed by atoms with Crippen LogP contribution in [0.4, 0.5) is 5.69 Å². The maximum Gasteiger partial charge on any atom is 0.261 e. The first kappa shape index (κ1) is 26.3. The number of unbranched alkanes of at least 4 members (excludes halogenated alkanes) is 1. The predicted octanol–water partition coefficient (Wildman–Crippen LogP) is 5.93. The van der Waals surface area contributed by atoms with E-state index in [9.17, 15) is 14.4 Å². The van der Waals surface area contributed by atoms with E-state index in [-0.39, 0.29) is 29.7 Å². The molecule has 6 heteroatoms. The molecule has 0 aromatic heterocycles. The summed E-state index contributed by atoms with van der Waals surface area (Å²) in [6, 6.07) is 19.8. The van der Waals surface area contributed by atoms with Crippen LogP contribution in [0.25, 0.3) is 11.1 Å². The van der Waals surface area contributed by atoms with E-state index >= 15 is 0 Å². The lowest BCUT2D eigenvalue weighted by atomic mass is 9.88. The number of nitrogens with one attached hydrogen (secondary N) is 1. The quantitative estimate of drug-likeness (QED) is 0.363. The van der Waals surface area contributed by atoms with Crippen LogP contribution in [0.3, 0.4) is 0 Å². The number of hydrogen-bond donors (Lipinski definition) is 1. The highest BCUT2D eigenvalue weighted by Crippen LogP contribution is 2.49. The standard InChI is InChI=1S/C34H37N3O3/c1-3-5-10-28-29(16-15-25-23-11-6-7-12-24(23)31(30(25)28)32(38)35-19-4-2)36-20-17-22(18-21-36)37-33(39)26-13-8-9-14-27(26)34(37)40/h6-9,11-16,22,31H,3-5,10,17-21H2,1-2H3,(H,35,38). The van der Waals surface area contributed by atoms with Gasteiger partial charge in [-0.2, -0.15) is 0 Å². The Morgan fingerprint density at radius 2 is 1.48 bits per heavy atom. The number of fused-ring (bicyclic) bond motifs is 4. The molecule has 40 heavy (non-hydrogen) atoms. The van der Waals surface area contributed by atoms with Crippen LogP contribution in [0.15, 0.2) is 60.7 Å². The van der Waals surface area contributed by atoms with Crippen LogP contribution in [0.2, 0.25) is 0 Å². The second-order valence-electron chi connectivity index (χ2n) is 11.2. The molecule has 6 rings (SSSR count). The van der Waals surface area contributed by atoms with Crippen LogP contribution in [0.1, 0.15) is 89.3 Å². The highest BCUT2D eigenvalue weighted by atomic mass is 16.2. The molecule has 0 radical (unpaired) electrons. The smallest absolute Gasteiger partial charge is 0.261 e. The van der Waals surface area contributed by atoms with Gasteiger partial charge in [-0.3, -0.25) is 19.3 Å². The zero-order chi connectivity index (χ0) is 27.8. The first-order valence-electron chi connectivity index (χ1n) is 14.8. The fourth-order valence-corrected chi connectivity index (χ4v) is 6.81.